The highest BCUT2D eigenvalue weighted by molar-refractivity contribution is 5.65. The Morgan fingerprint density at radius 2 is 2.31 bits per heavy atom. The number of rotatable bonds is 4. The van der Waals surface area contributed by atoms with Crippen LogP contribution in [0.15, 0.2) is 24.3 Å². The Kier molecular flexibility index (Phi) is 3.31. The molecule has 1 aromatic carbocycles. The molecule has 13 heavy (non-hydrogen) atoms. The normalized spacial score (nSPS) is 9.62. The molecule has 0 fully saturated rings. The largest absolute Gasteiger partial charge is 0.550 e. The summed E-state index contributed by atoms with van der Waals surface area (Å²) < 4.78 is 0. The van der Waals surface area contributed by atoms with Crippen LogP contribution in [-0.4, -0.2) is 12.5 Å². The van der Waals surface area contributed by atoms with Crippen LogP contribution in [0.25, 0.3) is 0 Å². The minimum absolute atomic E-state index is 0.0357. The number of nitrogens with one attached hydrogen (secondary N) is 1. The quantitative estimate of drug-likeness (QED) is 0.732. The van der Waals surface area contributed by atoms with E-state index in [-0.39, 0.29) is 6.42 Å². The van der Waals surface area contributed by atoms with Crippen molar-refractivity contribution >= 4 is 11.7 Å². The van der Waals surface area contributed by atoms with Gasteiger partial charge in [-0.2, -0.15) is 0 Å². The molecule has 1 rings (SSSR count). The van der Waals surface area contributed by atoms with Crippen LogP contribution in [0.5, 0.6) is 0 Å². The zero-order valence-electron chi connectivity index (χ0n) is 7.54. The Morgan fingerprint density at radius 1 is 1.54 bits per heavy atom. The van der Waals surface area contributed by atoms with Gasteiger partial charge < -0.3 is 15.2 Å². The lowest BCUT2D eigenvalue weighted by atomic mass is 10.2. The van der Waals surface area contributed by atoms with Crippen molar-refractivity contribution in [3.8, 4) is 0 Å². The van der Waals surface area contributed by atoms with Crippen LogP contribution < -0.4 is 10.4 Å². The molecule has 0 amide bonds. The molecule has 0 bridgehead atoms. The number of carbonyl (C=O) groups is 1. The van der Waals surface area contributed by atoms with E-state index in [1.54, 1.807) is 0 Å². The molecule has 0 aromatic heterocycles. The third kappa shape index (κ3) is 3.60. The second-order valence-electron chi connectivity index (χ2n) is 2.92. The summed E-state index contributed by atoms with van der Waals surface area (Å²) in [5, 5.41) is 13.1. The maximum Gasteiger partial charge on any atom is 0.0431 e. The molecule has 70 valence electrons. The zero-order valence-corrected chi connectivity index (χ0v) is 7.54. The lowest BCUT2D eigenvalue weighted by Crippen LogP contribution is -2.24. The van der Waals surface area contributed by atoms with Crippen LogP contribution in [-0.2, 0) is 4.79 Å². The molecule has 3 heteroatoms. The summed E-state index contributed by atoms with van der Waals surface area (Å²) in [6.45, 7) is 2.40. The fourth-order valence-electron chi connectivity index (χ4n) is 1.06. The SMILES string of the molecule is Cc1cccc(NCCC(=O)[O-])c1. The van der Waals surface area contributed by atoms with Crippen LogP contribution >= 0.6 is 0 Å². The smallest absolute Gasteiger partial charge is 0.0431 e. The number of anilines is 1. The van der Waals surface area contributed by atoms with Crippen molar-refractivity contribution in [1.82, 2.24) is 0 Å². The van der Waals surface area contributed by atoms with E-state index >= 15 is 0 Å². The number of carboxylic acids is 1. The van der Waals surface area contributed by atoms with E-state index in [0.717, 1.165) is 11.3 Å². The number of hydrogen-bond acceptors (Lipinski definition) is 3. The molecular weight excluding hydrogens is 166 g/mol. The van der Waals surface area contributed by atoms with E-state index in [1.807, 2.05) is 31.2 Å². The third-order valence-corrected chi connectivity index (χ3v) is 1.68. The standard InChI is InChI=1S/C10H13NO2/c1-8-3-2-4-9(7-8)11-6-5-10(12)13/h2-4,7,11H,5-6H2,1H3,(H,12,13)/p-1. The molecule has 0 heterocycles. The number of aliphatic carboxylic acids is 1. The molecule has 0 radical (unpaired) electrons. The van der Waals surface area contributed by atoms with Gasteiger partial charge in [0.2, 0.25) is 0 Å². The van der Waals surface area contributed by atoms with Gasteiger partial charge in [-0.1, -0.05) is 12.1 Å². The lowest BCUT2D eigenvalue weighted by molar-refractivity contribution is -0.305. The highest BCUT2D eigenvalue weighted by atomic mass is 16.4. The Labute approximate surface area is 77.4 Å². The summed E-state index contributed by atoms with van der Waals surface area (Å²) in [5.41, 5.74) is 2.10. The van der Waals surface area contributed by atoms with Gasteiger partial charge in [-0.15, -0.1) is 0 Å². The molecule has 1 N–H and O–H groups in total. The van der Waals surface area contributed by atoms with Gasteiger partial charge >= 0.3 is 0 Å². The monoisotopic (exact) mass is 178 g/mol. The van der Waals surface area contributed by atoms with Crippen LogP contribution in [0, 0.1) is 6.92 Å². The van der Waals surface area contributed by atoms with Gasteiger partial charge in [0, 0.05) is 24.6 Å². The average Bonchev–Trinajstić information content (AvgIpc) is 2.03. The maximum absolute atomic E-state index is 10.1. The molecule has 0 aliphatic carbocycles. The second-order valence-corrected chi connectivity index (χ2v) is 2.92. The van der Waals surface area contributed by atoms with Crippen LogP contribution in [0.4, 0.5) is 5.69 Å². The summed E-state index contributed by atoms with van der Waals surface area (Å²) >= 11 is 0. The molecule has 0 aliphatic heterocycles. The first-order valence-electron chi connectivity index (χ1n) is 4.19. The fourth-order valence-corrected chi connectivity index (χ4v) is 1.06. The predicted molar refractivity (Wildman–Crippen MR) is 49.3 cm³/mol. The average molecular weight is 178 g/mol. The minimum Gasteiger partial charge on any atom is -0.550 e. The first-order valence-corrected chi connectivity index (χ1v) is 4.19. The van der Waals surface area contributed by atoms with Gasteiger partial charge in [-0.25, -0.2) is 0 Å². The molecular formula is C10H12NO2-. The van der Waals surface area contributed by atoms with Gasteiger partial charge in [0.05, 0.1) is 0 Å². The third-order valence-electron chi connectivity index (χ3n) is 1.68. The summed E-state index contributed by atoms with van der Waals surface area (Å²) in [6.07, 6.45) is 0.0357. The van der Waals surface area contributed by atoms with Crippen molar-refractivity contribution in [2.45, 2.75) is 13.3 Å². The van der Waals surface area contributed by atoms with Crippen LogP contribution in [0.1, 0.15) is 12.0 Å². The lowest BCUT2D eigenvalue weighted by Gasteiger charge is -2.06. The highest BCUT2D eigenvalue weighted by Crippen LogP contribution is 2.08. The van der Waals surface area contributed by atoms with E-state index in [0.29, 0.717) is 6.54 Å². The summed E-state index contributed by atoms with van der Waals surface area (Å²) in [7, 11) is 0. The molecule has 1 aromatic rings. The summed E-state index contributed by atoms with van der Waals surface area (Å²) in [6, 6.07) is 7.79. The van der Waals surface area contributed by atoms with Crippen LogP contribution in [0.3, 0.4) is 0 Å². The number of hydrogen-bond donors (Lipinski definition) is 1. The Bertz CT molecular complexity index is 297. The van der Waals surface area contributed by atoms with Gasteiger partial charge in [0.25, 0.3) is 0 Å². The number of aryl methyl sites for hydroxylation is 1. The van der Waals surface area contributed by atoms with E-state index < -0.39 is 5.97 Å². The minimum atomic E-state index is -1.03. The molecule has 0 aliphatic rings. The van der Waals surface area contributed by atoms with E-state index in [2.05, 4.69) is 5.32 Å². The first kappa shape index (κ1) is 9.58. The van der Waals surface area contributed by atoms with E-state index in [4.69, 9.17) is 0 Å². The molecule has 3 nitrogen and oxygen atoms in total. The maximum atomic E-state index is 10.1. The number of carbonyl (C=O) groups excluding carboxylic acids is 1. The molecule has 0 unspecified atom stereocenters. The highest BCUT2D eigenvalue weighted by Gasteiger charge is 1.91. The molecule has 0 saturated heterocycles. The number of benzene rings is 1. The molecule has 0 spiro atoms. The Balaban J connectivity index is 2.41. The Morgan fingerprint density at radius 3 is 2.92 bits per heavy atom. The van der Waals surface area contributed by atoms with Crippen molar-refractivity contribution in [3.05, 3.63) is 29.8 Å². The van der Waals surface area contributed by atoms with Crippen molar-refractivity contribution in [2.24, 2.45) is 0 Å². The predicted octanol–water partition coefficient (Wildman–Crippen LogP) is 0.547. The second kappa shape index (κ2) is 4.50. The zero-order chi connectivity index (χ0) is 9.68. The number of carboxylic acid groups (broad SMARTS) is 1. The van der Waals surface area contributed by atoms with Crippen molar-refractivity contribution in [2.75, 3.05) is 11.9 Å². The molecule has 0 saturated carbocycles. The molecule has 0 atom stereocenters. The van der Waals surface area contributed by atoms with Crippen molar-refractivity contribution in [3.63, 3.8) is 0 Å². The van der Waals surface area contributed by atoms with E-state index in [9.17, 15) is 9.90 Å². The van der Waals surface area contributed by atoms with Crippen molar-refractivity contribution in [1.29, 1.82) is 0 Å². The van der Waals surface area contributed by atoms with Gasteiger partial charge in [0.15, 0.2) is 0 Å². The fraction of sp³-hybridized carbons (Fsp3) is 0.300. The first-order chi connectivity index (χ1) is 6.18. The van der Waals surface area contributed by atoms with Gasteiger partial charge in [-0.05, 0) is 24.6 Å². The van der Waals surface area contributed by atoms with E-state index in [1.165, 1.54) is 0 Å². The van der Waals surface area contributed by atoms with Gasteiger partial charge in [0.1, 0.15) is 0 Å². The topological polar surface area (TPSA) is 52.2 Å². The Hall–Kier alpha value is -1.51. The van der Waals surface area contributed by atoms with Crippen molar-refractivity contribution < 1.29 is 9.90 Å². The summed E-state index contributed by atoms with van der Waals surface area (Å²) in [5.74, 6) is -1.03. The summed E-state index contributed by atoms with van der Waals surface area (Å²) in [4.78, 5) is 10.1. The van der Waals surface area contributed by atoms with Gasteiger partial charge in [-0.3, -0.25) is 0 Å². The van der Waals surface area contributed by atoms with Crippen LogP contribution in [0.2, 0.25) is 0 Å².